The minimum Gasteiger partial charge on any atom is -0.345 e. The molecule has 1 amide bonds. The first-order valence-electron chi connectivity index (χ1n) is 7.94. The minimum atomic E-state index is -3.57. The number of hydrogen-bond donors (Lipinski definition) is 1. The second-order valence-corrected chi connectivity index (χ2v) is 8.69. The second-order valence-electron chi connectivity index (χ2n) is 5.80. The summed E-state index contributed by atoms with van der Waals surface area (Å²) in [7, 11) is -3.57. The maximum Gasteiger partial charge on any atom is 0.253 e. The average molecular weight is 418 g/mol. The van der Waals surface area contributed by atoms with Gasteiger partial charge in [-0.05, 0) is 43.2 Å². The van der Waals surface area contributed by atoms with Crippen LogP contribution >= 0.6 is 23.2 Å². The Morgan fingerprint density at radius 1 is 1.19 bits per heavy atom. The number of nitrogens with one attached hydrogen (secondary N) is 1. The fraction of sp³-hybridized carbons (Fsp3) is 0.278. The Kier molecular flexibility index (Phi) is 6.66. The Labute approximate surface area is 162 Å². The smallest absolute Gasteiger partial charge is 0.253 e. The third-order valence-electron chi connectivity index (χ3n) is 3.79. The van der Waals surface area contributed by atoms with Crippen LogP contribution in [-0.2, 0) is 9.84 Å². The van der Waals surface area contributed by atoms with E-state index in [1.807, 2.05) is 0 Å². The van der Waals surface area contributed by atoms with Crippen LogP contribution in [0.25, 0.3) is 0 Å². The van der Waals surface area contributed by atoms with E-state index in [9.17, 15) is 17.6 Å². The van der Waals surface area contributed by atoms with Gasteiger partial charge in [-0.2, -0.15) is 0 Å². The van der Waals surface area contributed by atoms with Gasteiger partial charge in [0, 0.05) is 5.02 Å². The molecule has 2 aromatic rings. The largest absolute Gasteiger partial charge is 0.345 e. The Morgan fingerprint density at radius 2 is 1.85 bits per heavy atom. The number of hydrogen-bond acceptors (Lipinski definition) is 3. The van der Waals surface area contributed by atoms with Crippen LogP contribution in [0.1, 0.15) is 42.2 Å². The number of halogens is 3. The lowest BCUT2D eigenvalue weighted by Crippen LogP contribution is -2.28. The number of benzene rings is 2. The Bertz CT molecular complexity index is 932. The van der Waals surface area contributed by atoms with E-state index in [-0.39, 0.29) is 26.3 Å². The summed E-state index contributed by atoms with van der Waals surface area (Å²) in [5.74, 6) is -1.29. The molecule has 0 saturated heterocycles. The van der Waals surface area contributed by atoms with Gasteiger partial charge in [-0.1, -0.05) is 42.3 Å². The molecule has 2 rings (SSSR count). The summed E-state index contributed by atoms with van der Waals surface area (Å²) in [5, 5.41) is 2.74. The molecule has 26 heavy (non-hydrogen) atoms. The molecular formula is C18H18Cl2FNO3S. The van der Waals surface area contributed by atoms with Crippen molar-refractivity contribution in [3.8, 4) is 0 Å². The van der Waals surface area contributed by atoms with Crippen LogP contribution < -0.4 is 5.32 Å². The van der Waals surface area contributed by atoms with E-state index in [1.165, 1.54) is 18.2 Å². The van der Waals surface area contributed by atoms with Crippen LogP contribution in [0.4, 0.5) is 4.39 Å². The molecular weight excluding hydrogens is 400 g/mol. The average Bonchev–Trinajstić information content (AvgIpc) is 2.58. The van der Waals surface area contributed by atoms with Crippen molar-refractivity contribution in [1.29, 1.82) is 0 Å². The van der Waals surface area contributed by atoms with Gasteiger partial charge in [0.05, 0.1) is 27.3 Å². The molecule has 140 valence electrons. The van der Waals surface area contributed by atoms with Gasteiger partial charge >= 0.3 is 0 Å². The third-order valence-corrected chi connectivity index (χ3v) is 6.38. The standard InChI is InChI=1S/C18H18Cl2FNO3S/c1-3-8-26(24,25)17-7-5-4-6-12(17)18(23)22-11(2)13-9-16(21)15(20)10-14(13)19/h4-7,9-11H,3,8H2,1-2H3,(H,22,23). The maximum absolute atomic E-state index is 13.7. The molecule has 0 heterocycles. The molecule has 0 aromatic heterocycles. The molecule has 0 spiro atoms. The van der Waals surface area contributed by atoms with Crippen LogP contribution in [-0.4, -0.2) is 20.1 Å². The van der Waals surface area contributed by atoms with Crippen molar-refractivity contribution in [2.24, 2.45) is 0 Å². The topological polar surface area (TPSA) is 63.2 Å². The number of carbonyl (C=O) groups is 1. The zero-order chi connectivity index (χ0) is 19.5. The van der Waals surface area contributed by atoms with Gasteiger partial charge in [0.1, 0.15) is 5.82 Å². The predicted molar refractivity (Wildman–Crippen MR) is 101 cm³/mol. The first-order valence-corrected chi connectivity index (χ1v) is 10.3. The van der Waals surface area contributed by atoms with Crippen molar-refractivity contribution in [2.45, 2.75) is 31.2 Å². The molecule has 1 N–H and O–H groups in total. The van der Waals surface area contributed by atoms with Gasteiger partial charge in [-0.15, -0.1) is 0 Å². The summed E-state index contributed by atoms with van der Waals surface area (Å²) in [6.07, 6.45) is 0.439. The van der Waals surface area contributed by atoms with Crippen LogP contribution in [0.3, 0.4) is 0 Å². The van der Waals surface area contributed by atoms with Crippen LogP contribution in [0.2, 0.25) is 10.0 Å². The first-order chi connectivity index (χ1) is 12.2. The molecule has 2 aromatic carbocycles. The molecule has 0 bridgehead atoms. The highest BCUT2D eigenvalue weighted by Crippen LogP contribution is 2.29. The van der Waals surface area contributed by atoms with E-state index in [1.54, 1.807) is 26.0 Å². The molecule has 0 fully saturated rings. The highest BCUT2D eigenvalue weighted by atomic mass is 35.5. The number of rotatable bonds is 6. The van der Waals surface area contributed by atoms with Gasteiger partial charge in [0.2, 0.25) is 0 Å². The van der Waals surface area contributed by atoms with Crippen molar-refractivity contribution in [1.82, 2.24) is 5.32 Å². The van der Waals surface area contributed by atoms with Gasteiger partial charge in [-0.3, -0.25) is 4.79 Å². The molecule has 1 atom stereocenters. The zero-order valence-corrected chi connectivity index (χ0v) is 16.6. The number of carbonyl (C=O) groups excluding carboxylic acids is 1. The number of sulfone groups is 1. The summed E-state index contributed by atoms with van der Waals surface area (Å²) in [4.78, 5) is 12.6. The summed E-state index contributed by atoms with van der Waals surface area (Å²) in [6, 6.07) is 7.75. The summed E-state index contributed by atoms with van der Waals surface area (Å²) >= 11 is 11.8. The van der Waals surface area contributed by atoms with Crippen molar-refractivity contribution in [3.63, 3.8) is 0 Å². The van der Waals surface area contributed by atoms with E-state index in [0.717, 1.165) is 6.07 Å². The Balaban J connectivity index is 2.33. The van der Waals surface area contributed by atoms with E-state index in [0.29, 0.717) is 12.0 Å². The zero-order valence-electron chi connectivity index (χ0n) is 14.2. The van der Waals surface area contributed by atoms with Gasteiger partial charge in [0.25, 0.3) is 5.91 Å². The van der Waals surface area contributed by atoms with E-state index < -0.39 is 27.6 Å². The normalized spacial score (nSPS) is 12.7. The third kappa shape index (κ3) is 4.55. The van der Waals surface area contributed by atoms with E-state index in [2.05, 4.69) is 5.32 Å². The Hall–Kier alpha value is -1.63. The monoisotopic (exact) mass is 417 g/mol. The van der Waals surface area contributed by atoms with Crippen LogP contribution in [0, 0.1) is 5.82 Å². The second kappa shape index (κ2) is 8.37. The molecule has 0 aliphatic heterocycles. The minimum absolute atomic E-state index is 0.0278. The van der Waals surface area contributed by atoms with Crippen molar-refractivity contribution < 1.29 is 17.6 Å². The van der Waals surface area contributed by atoms with Crippen molar-refractivity contribution in [2.75, 3.05) is 5.75 Å². The maximum atomic E-state index is 13.7. The Morgan fingerprint density at radius 3 is 2.50 bits per heavy atom. The molecule has 1 unspecified atom stereocenters. The van der Waals surface area contributed by atoms with Gasteiger partial charge in [0.15, 0.2) is 9.84 Å². The van der Waals surface area contributed by atoms with Crippen molar-refractivity contribution >= 4 is 38.9 Å². The lowest BCUT2D eigenvalue weighted by Gasteiger charge is -2.17. The molecule has 0 radical (unpaired) electrons. The molecule has 4 nitrogen and oxygen atoms in total. The highest BCUT2D eigenvalue weighted by Gasteiger charge is 2.23. The van der Waals surface area contributed by atoms with Crippen LogP contribution in [0.15, 0.2) is 41.3 Å². The fourth-order valence-electron chi connectivity index (χ4n) is 2.53. The van der Waals surface area contributed by atoms with Gasteiger partial charge in [-0.25, -0.2) is 12.8 Å². The molecule has 8 heteroatoms. The highest BCUT2D eigenvalue weighted by molar-refractivity contribution is 7.91. The summed E-state index contributed by atoms with van der Waals surface area (Å²) in [6.45, 7) is 3.37. The molecule has 0 aliphatic rings. The lowest BCUT2D eigenvalue weighted by atomic mass is 10.1. The van der Waals surface area contributed by atoms with Crippen molar-refractivity contribution in [3.05, 3.63) is 63.4 Å². The van der Waals surface area contributed by atoms with Crippen LogP contribution in [0.5, 0.6) is 0 Å². The fourth-order valence-corrected chi connectivity index (χ4v) is 4.61. The molecule has 0 aliphatic carbocycles. The first kappa shape index (κ1) is 20.7. The molecule has 0 saturated carbocycles. The van der Waals surface area contributed by atoms with Gasteiger partial charge < -0.3 is 5.32 Å². The van der Waals surface area contributed by atoms with E-state index >= 15 is 0 Å². The lowest BCUT2D eigenvalue weighted by molar-refractivity contribution is 0.0936. The SMILES string of the molecule is CCCS(=O)(=O)c1ccccc1C(=O)NC(C)c1cc(F)c(Cl)cc1Cl. The summed E-state index contributed by atoms with van der Waals surface area (Å²) in [5.41, 5.74) is 0.383. The quantitative estimate of drug-likeness (QED) is 0.685. The summed E-state index contributed by atoms with van der Waals surface area (Å²) < 4.78 is 38.5. The number of amides is 1. The van der Waals surface area contributed by atoms with E-state index in [4.69, 9.17) is 23.2 Å². The predicted octanol–water partition coefficient (Wildman–Crippen LogP) is 4.81.